The number of nitrogens with one attached hydrogen (secondary N) is 1. The standard InChI is InChI=1S/C17H18N2O2/c1-3-8-21-11-13-4-6-14(7-5-13)15-9-12(2)19-17(20)16(15)10-18/h4-7,9H,3,8,11H2,1-2H3,(H,19,20). The minimum Gasteiger partial charge on any atom is -0.377 e. The van der Waals surface area contributed by atoms with Gasteiger partial charge < -0.3 is 9.72 Å². The van der Waals surface area contributed by atoms with E-state index in [2.05, 4.69) is 11.9 Å². The van der Waals surface area contributed by atoms with E-state index in [-0.39, 0.29) is 11.1 Å². The zero-order chi connectivity index (χ0) is 15.2. The van der Waals surface area contributed by atoms with Gasteiger partial charge in [-0.15, -0.1) is 0 Å². The lowest BCUT2D eigenvalue weighted by Crippen LogP contribution is -2.12. The molecule has 0 fully saturated rings. The lowest BCUT2D eigenvalue weighted by atomic mass is 10.00. The Kier molecular flexibility index (Phi) is 4.91. The van der Waals surface area contributed by atoms with E-state index in [1.807, 2.05) is 36.4 Å². The van der Waals surface area contributed by atoms with Crippen molar-refractivity contribution in [2.75, 3.05) is 6.61 Å². The highest BCUT2D eigenvalue weighted by Crippen LogP contribution is 2.22. The minimum atomic E-state index is -0.345. The molecular weight excluding hydrogens is 264 g/mol. The third kappa shape index (κ3) is 3.59. The fraction of sp³-hybridized carbons (Fsp3) is 0.294. The summed E-state index contributed by atoms with van der Waals surface area (Å²) in [6.07, 6.45) is 0.996. The van der Waals surface area contributed by atoms with Crippen LogP contribution < -0.4 is 5.56 Å². The van der Waals surface area contributed by atoms with Gasteiger partial charge in [-0.3, -0.25) is 4.79 Å². The highest BCUT2D eigenvalue weighted by Gasteiger charge is 2.10. The molecule has 1 heterocycles. The molecule has 0 spiro atoms. The van der Waals surface area contributed by atoms with E-state index in [1.165, 1.54) is 0 Å². The van der Waals surface area contributed by atoms with E-state index >= 15 is 0 Å². The number of aromatic amines is 1. The predicted molar refractivity (Wildman–Crippen MR) is 81.9 cm³/mol. The minimum absolute atomic E-state index is 0.149. The maximum Gasteiger partial charge on any atom is 0.266 e. The molecule has 1 N–H and O–H groups in total. The monoisotopic (exact) mass is 282 g/mol. The number of H-pyrrole nitrogens is 1. The van der Waals surface area contributed by atoms with Gasteiger partial charge in [-0.1, -0.05) is 31.2 Å². The summed E-state index contributed by atoms with van der Waals surface area (Å²) in [5.41, 5.74) is 3.15. The first-order valence-electron chi connectivity index (χ1n) is 6.96. The summed E-state index contributed by atoms with van der Waals surface area (Å²) in [7, 11) is 0. The number of rotatable bonds is 5. The van der Waals surface area contributed by atoms with Crippen LogP contribution in [0.25, 0.3) is 11.1 Å². The molecule has 0 bridgehead atoms. The average Bonchev–Trinajstić information content (AvgIpc) is 2.47. The normalized spacial score (nSPS) is 10.3. The van der Waals surface area contributed by atoms with Crippen molar-refractivity contribution in [1.82, 2.24) is 4.98 Å². The van der Waals surface area contributed by atoms with Crippen LogP contribution in [0.2, 0.25) is 0 Å². The maximum absolute atomic E-state index is 11.8. The Bertz CT molecular complexity index is 709. The molecule has 0 unspecified atom stereocenters. The first-order chi connectivity index (χ1) is 10.2. The van der Waals surface area contributed by atoms with Crippen LogP contribution in [0.5, 0.6) is 0 Å². The van der Waals surface area contributed by atoms with E-state index < -0.39 is 0 Å². The van der Waals surface area contributed by atoms with Gasteiger partial charge in [-0.05, 0) is 30.5 Å². The van der Waals surface area contributed by atoms with Gasteiger partial charge in [0.15, 0.2) is 0 Å². The van der Waals surface area contributed by atoms with Gasteiger partial charge in [0.2, 0.25) is 0 Å². The zero-order valence-electron chi connectivity index (χ0n) is 12.3. The molecule has 0 aliphatic heterocycles. The van der Waals surface area contributed by atoms with E-state index in [1.54, 1.807) is 6.92 Å². The first kappa shape index (κ1) is 15.0. The Morgan fingerprint density at radius 2 is 2.00 bits per heavy atom. The molecule has 0 aliphatic rings. The van der Waals surface area contributed by atoms with Gasteiger partial charge in [-0.25, -0.2) is 0 Å². The maximum atomic E-state index is 11.8. The lowest BCUT2D eigenvalue weighted by Gasteiger charge is -2.07. The largest absolute Gasteiger partial charge is 0.377 e. The SMILES string of the molecule is CCCOCc1ccc(-c2cc(C)[nH]c(=O)c2C#N)cc1. The summed E-state index contributed by atoms with van der Waals surface area (Å²) in [6, 6.07) is 11.6. The molecule has 1 aromatic carbocycles. The molecule has 0 saturated carbocycles. The van der Waals surface area contributed by atoms with Crippen molar-refractivity contribution in [2.24, 2.45) is 0 Å². The summed E-state index contributed by atoms with van der Waals surface area (Å²) >= 11 is 0. The molecule has 2 rings (SSSR count). The second kappa shape index (κ2) is 6.87. The van der Waals surface area contributed by atoms with Gasteiger partial charge in [0.05, 0.1) is 6.61 Å². The fourth-order valence-corrected chi connectivity index (χ4v) is 2.14. The van der Waals surface area contributed by atoms with E-state index in [4.69, 9.17) is 10.00 Å². The molecular formula is C17H18N2O2. The molecule has 0 atom stereocenters. The van der Waals surface area contributed by atoms with Crippen LogP contribution in [0.3, 0.4) is 0 Å². The number of aryl methyl sites for hydroxylation is 1. The van der Waals surface area contributed by atoms with Crippen LogP contribution in [-0.4, -0.2) is 11.6 Å². The topological polar surface area (TPSA) is 65.9 Å². The number of aromatic nitrogens is 1. The number of nitriles is 1. The van der Waals surface area contributed by atoms with Crippen LogP contribution in [0.1, 0.15) is 30.2 Å². The highest BCUT2D eigenvalue weighted by molar-refractivity contribution is 5.70. The Morgan fingerprint density at radius 3 is 2.62 bits per heavy atom. The van der Waals surface area contributed by atoms with Crippen molar-refractivity contribution in [2.45, 2.75) is 26.9 Å². The van der Waals surface area contributed by atoms with Gasteiger partial charge in [0.1, 0.15) is 11.6 Å². The quantitative estimate of drug-likeness (QED) is 0.857. The second-order valence-electron chi connectivity index (χ2n) is 4.93. The number of hydrogen-bond donors (Lipinski definition) is 1. The molecule has 0 amide bonds. The Hall–Kier alpha value is -2.38. The molecule has 2 aromatic rings. The smallest absolute Gasteiger partial charge is 0.266 e. The van der Waals surface area contributed by atoms with Crippen molar-refractivity contribution in [3.05, 3.63) is 57.5 Å². The summed E-state index contributed by atoms with van der Waals surface area (Å²) in [5.74, 6) is 0. The Balaban J connectivity index is 2.31. The second-order valence-corrected chi connectivity index (χ2v) is 4.93. The highest BCUT2D eigenvalue weighted by atomic mass is 16.5. The van der Waals surface area contributed by atoms with Gasteiger partial charge in [0, 0.05) is 17.9 Å². The molecule has 0 aliphatic carbocycles. The van der Waals surface area contributed by atoms with Crippen molar-refractivity contribution in [3.8, 4) is 17.2 Å². The average molecular weight is 282 g/mol. The van der Waals surface area contributed by atoms with E-state index in [9.17, 15) is 4.79 Å². The molecule has 4 heteroatoms. The number of ether oxygens (including phenoxy) is 1. The van der Waals surface area contributed by atoms with E-state index in [0.29, 0.717) is 12.2 Å². The Morgan fingerprint density at radius 1 is 1.29 bits per heavy atom. The number of pyridine rings is 1. The van der Waals surface area contributed by atoms with Crippen LogP contribution in [-0.2, 0) is 11.3 Å². The first-order valence-corrected chi connectivity index (χ1v) is 6.96. The summed E-state index contributed by atoms with van der Waals surface area (Å²) < 4.78 is 5.49. The Labute approximate surface area is 124 Å². The summed E-state index contributed by atoms with van der Waals surface area (Å²) in [5, 5.41) is 9.16. The summed E-state index contributed by atoms with van der Waals surface area (Å²) in [4.78, 5) is 14.5. The van der Waals surface area contributed by atoms with Crippen molar-refractivity contribution < 1.29 is 4.74 Å². The fourth-order valence-electron chi connectivity index (χ4n) is 2.14. The van der Waals surface area contributed by atoms with Gasteiger partial charge >= 0.3 is 0 Å². The molecule has 108 valence electrons. The lowest BCUT2D eigenvalue weighted by molar-refractivity contribution is 0.121. The third-order valence-corrected chi connectivity index (χ3v) is 3.16. The van der Waals surface area contributed by atoms with Crippen molar-refractivity contribution >= 4 is 0 Å². The van der Waals surface area contributed by atoms with Crippen LogP contribution >= 0.6 is 0 Å². The molecule has 0 saturated heterocycles. The molecule has 0 radical (unpaired) electrons. The van der Waals surface area contributed by atoms with Crippen LogP contribution in [0.15, 0.2) is 35.1 Å². The predicted octanol–water partition coefficient (Wildman–Crippen LogP) is 3.15. The summed E-state index contributed by atoms with van der Waals surface area (Å²) in [6.45, 7) is 5.20. The number of benzene rings is 1. The molecule has 4 nitrogen and oxygen atoms in total. The van der Waals surface area contributed by atoms with Gasteiger partial charge in [-0.2, -0.15) is 5.26 Å². The van der Waals surface area contributed by atoms with Crippen molar-refractivity contribution in [3.63, 3.8) is 0 Å². The number of nitrogens with zero attached hydrogens (tertiary/aromatic N) is 1. The number of hydrogen-bond acceptors (Lipinski definition) is 3. The van der Waals surface area contributed by atoms with Crippen LogP contribution in [0.4, 0.5) is 0 Å². The third-order valence-electron chi connectivity index (χ3n) is 3.16. The van der Waals surface area contributed by atoms with Crippen molar-refractivity contribution in [1.29, 1.82) is 5.26 Å². The van der Waals surface area contributed by atoms with Gasteiger partial charge in [0.25, 0.3) is 5.56 Å². The molecule has 21 heavy (non-hydrogen) atoms. The van der Waals surface area contributed by atoms with Crippen LogP contribution in [0, 0.1) is 18.3 Å². The molecule has 1 aromatic heterocycles. The zero-order valence-corrected chi connectivity index (χ0v) is 12.3. The van der Waals surface area contributed by atoms with E-state index in [0.717, 1.165) is 29.8 Å².